The highest BCUT2D eigenvalue weighted by Gasteiger charge is 2.47. The Morgan fingerprint density at radius 1 is 1.44 bits per heavy atom. The normalized spacial score (nSPS) is 34.1. The minimum Gasteiger partial charge on any atom is -0.381 e. The van der Waals surface area contributed by atoms with Crippen LogP contribution in [0.15, 0.2) is 4.99 Å². The van der Waals surface area contributed by atoms with Crippen LogP contribution < -0.4 is 10.6 Å². The van der Waals surface area contributed by atoms with Crippen LogP contribution in [0.3, 0.4) is 0 Å². The Morgan fingerprint density at radius 2 is 2.11 bits per heavy atom. The summed E-state index contributed by atoms with van der Waals surface area (Å²) < 4.78 is 5.35. The Morgan fingerprint density at radius 3 is 2.67 bits per heavy atom. The molecule has 1 heterocycles. The van der Waals surface area contributed by atoms with Crippen molar-refractivity contribution in [3.05, 3.63) is 0 Å². The predicted octanol–water partition coefficient (Wildman–Crippen LogP) is 1.05. The first-order valence-electron chi connectivity index (χ1n) is 6.72. The van der Waals surface area contributed by atoms with E-state index in [9.17, 15) is 4.79 Å². The monoisotopic (exact) mass is 253 g/mol. The molecular weight excluding hydrogens is 230 g/mol. The van der Waals surface area contributed by atoms with Crippen LogP contribution in [0.4, 0.5) is 0 Å². The predicted molar refractivity (Wildman–Crippen MR) is 70.4 cm³/mol. The van der Waals surface area contributed by atoms with Crippen molar-refractivity contribution < 1.29 is 9.53 Å². The molecule has 0 unspecified atom stereocenters. The Labute approximate surface area is 108 Å². The van der Waals surface area contributed by atoms with Gasteiger partial charge in [0.2, 0.25) is 0 Å². The van der Waals surface area contributed by atoms with Crippen LogP contribution in [0.5, 0.6) is 0 Å². The van der Waals surface area contributed by atoms with Gasteiger partial charge in [-0.3, -0.25) is 15.1 Å². The van der Waals surface area contributed by atoms with Crippen molar-refractivity contribution in [2.75, 3.05) is 13.7 Å². The molecule has 18 heavy (non-hydrogen) atoms. The molecule has 102 valence electrons. The first-order chi connectivity index (χ1) is 8.55. The van der Waals surface area contributed by atoms with Crippen molar-refractivity contribution in [2.45, 2.75) is 51.2 Å². The van der Waals surface area contributed by atoms with E-state index in [2.05, 4.69) is 29.5 Å². The van der Waals surface area contributed by atoms with Crippen molar-refractivity contribution in [3.8, 4) is 0 Å². The van der Waals surface area contributed by atoms with E-state index in [1.807, 2.05) is 0 Å². The molecule has 0 radical (unpaired) electrons. The molecule has 1 aliphatic heterocycles. The standard InChI is InChI=1S/C13H23N3O2/c1-9(2)8-14-12-15-11(17)13(16-12)6-4-10(18-3)5-7-13/h9-10H,4-8H2,1-3H3,(H2,14,15,16,17). The third-order valence-electron chi connectivity index (χ3n) is 3.76. The van der Waals surface area contributed by atoms with Crippen LogP contribution in [0.1, 0.15) is 39.5 Å². The number of rotatable bonds is 3. The van der Waals surface area contributed by atoms with E-state index in [1.165, 1.54) is 0 Å². The second kappa shape index (κ2) is 5.26. The van der Waals surface area contributed by atoms with Gasteiger partial charge in [0.15, 0.2) is 5.96 Å². The van der Waals surface area contributed by atoms with Gasteiger partial charge in [-0.15, -0.1) is 0 Å². The summed E-state index contributed by atoms with van der Waals surface area (Å²) in [6.45, 7) is 4.96. The minimum absolute atomic E-state index is 0.0690. The molecule has 0 aromatic carbocycles. The van der Waals surface area contributed by atoms with E-state index in [1.54, 1.807) is 7.11 Å². The highest BCUT2D eigenvalue weighted by Crippen LogP contribution is 2.31. The fourth-order valence-electron chi connectivity index (χ4n) is 2.57. The molecule has 1 saturated heterocycles. The van der Waals surface area contributed by atoms with Gasteiger partial charge in [-0.05, 0) is 31.6 Å². The van der Waals surface area contributed by atoms with Crippen LogP contribution in [0.25, 0.3) is 0 Å². The molecule has 0 aromatic rings. The van der Waals surface area contributed by atoms with Gasteiger partial charge in [0, 0.05) is 13.7 Å². The van der Waals surface area contributed by atoms with E-state index >= 15 is 0 Å². The molecule has 1 saturated carbocycles. The number of nitrogens with one attached hydrogen (secondary N) is 2. The zero-order chi connectivity index (χ0) is 13.2. The van der Waals surface area contributed by atoms with E-state index in [0.717, 1.165) is 32.2 Å². The fourth-order valence-corrected chi connectivity index (χ4v) is 2.57. The summed E-state index contributed by atoms with van der Waals surface area (Å²) in [5.41, 5.74) is -0.440. The molecule has 0 aromatic heterocycles. The summed E-state index contributed by atoms with van der Waals surface area (Å²) >= 11 is 0. The number of guanidine groups is 1. The lowest BCUT2D eigenvalue weighted by atomic mass is 9.80. The lowest BCUT2D eigenvalue weighted by molar-refractivity contribution is -0.126. The first kappa shape index (κ1) is 13.3. The van der Waals surface area contributed by atoms with Crippen LogP contribution in [-0.2, 0) is 9.53 Å². The molecule has 1 amide bonds. The van der Waals surface area contributed by atoms with Gasteiger partial charge in [-0.2, -0.15) is 0 Å². The number of hydrogen-bond donors (Lipinski definition) is 2. The van der Waals surface area contributed by atoms with Gasteiger partial charge >= 0.3 is 0 Å². The number of carbonyl (C=O) groups excluding carboxylic acids is 1. The van der Waals surface area contributed by atoms with Crippen LogP contribution >= 0.6 is 0 Å². The number of carbonyl (C=O) groups is 1. The van der Waals surface area contributed by atoms with Crippen molar-refractivity contribution >= 4 is 11.9 Å². The van der Waals surface area contributed by atoms with Crippen LogP contribution in [-0.4, -0.2) is 37.2 Å². The molecule has 5 nitrogen and oxygen atoms in total. The van der Waals surface area contributed by atoms with Gasteiger partial charge in [0.05, 0.1) is 6.10 Å². The molecule has 0 bridgehead atoms. The number of aliphatic imine (C=N–C) groups is 1. The van der Waals surface area contributed by atoms with Crippen LogP contribution in [0.2, 0.25) is 0 Å². The molecule has 2 rings (SSSR count). The summed E-state index contributed by atoms with van der Waals surface area (Å²) in [6, 6.07) is 0. The van der Waals surface area contributed by atoms with E-state index < -0.39 is 5.54 Å². The van der Waals surface area contributed by atoms with Gasteiger partial charge in [-0.1, -0.05) is 13.8 Å². The number of ether oxygens (including phenoxy) is 1. The molecule has 2 fully saturated rings. The second-order valence-electron chi connectivity index (χ2n) is 5.68. The summed E-state index contributed by atoms with van der Waals surface area (Å²) in [7, 11) is 1.74. The lowest BCUT2D eigenvalue weighted by Crippen LogP contribution is -2.50. The van der Waals surface area contributed by atoms with Gasteiger partial charge in [0.1, 0.15) is 5.54 Å². The van der Waals surface area contributed by atoms with Crippen molar-refractivity contribution in [1.29, 1.82) is 0 Å². The maximum Gasteiger partial charge on any atom is 0.252 e. The zero-order valence-corrected chi connectivity index (χ0v) is 11.5. The topological polar surface area (TPSA) is 62.7 Å². The van der Waals surface area contributed by atoms with Crippen molar-refractivity contribution in [1.82, 2.24) is 10.6 Å². The van der Waals surface area contributed by atoms with E-state index in [0.29, 0.717) is 18.0 Å². The molecule has 2 aliphatic rings. The Hall–Kier alpha value is -1.10. The third-order valence-corrected chi connectivity index (χ3v) is 3.76. The Bertz CT molecular complexity index is 344. The lowest BCUT2D eigenvalue weighted by Gasteiger charge is -2.34. The SMILES string of the molecule is COC1CCC2(CC1)NC(=NCC(C)C)NC2=O. The maximum absolute atomic E-state index is 12.1. The number of amides is 1. The van der Waals surface area contributed by atoms with E-state index in [4.69, 9.17) is 4.74 Å². The summed E-state index contributed by atoms with van der Waals surface area (Å²) in [6.07, 6.45) is 3.78. The highest BCUT2D eigenvalue weighted by molar-refractivity contribution is 6.09. The summed E-state index contributed by atoms with van der Waals surface area (Å²) in [5.74, 6) is 1.21. The largest absolute Gasteiger partial charge is 0.381 e. The van der Waals surface area contributed by atoms with Gasteiger partial charge in [0.25, 0.3) is 5.91 Å². The molecule has 1 spiro atoms. The number of methoxy groups -OCH3 is 1. The Kier molecular flexibility index (Phi) is 3.90. The average molecular weight is 253 g/mol. The number of nitrogens with zero attached hydrogens (tertiary/aromatic N) is 1. The average Bonchev–Trinajstić information content (AvgIpc) is 2.65. The number of hydrogen-bond acceptors (Lipinski definition) is 3. The van der Waals surface area contributed by atoms with Gasteiger partial charge in [-0.25, -0.2) is 0 Å². The van der Waals surface area contributed by atoms with Crippen molar-refractivity contribution in [3.63, 3.8) is 0 Å². The molecule has 0 atom stereocenters. The molecule has 2 N–H and O–H groups in total. The zero-order valence-electron chi connectivity index (χ0n) is 11.5. The maximum atomic E-state index is 12.1. The third kappa shape index (κ3) is 2.66. The molecule has 5 heteroatoms. The smallest absolute Gasteiger partial charge is 0.252 e. The first-order valence-corrected chi connectivity index (χ1v) is 6.72. The van der Waals surface area contributed by atoms with E-state index in [-0.39, 0.29) is 5.91 Å². The Balaban J connectivity index is 1.99. The minimum atomic E-state index is -0.440. The van der Waals surface area contributed by atoms with Crippen LogP contribution in [0, 0.1) is 5.92 Å². The molecular formula is C13H23N3O2. The second-order valence-corrected chi connectivity index (χ2v) is 5.68. The van der Waals surface area contributed by atoms with Gasteiger partial charge < -0.3 is 10.1 Å². The van der Waals surface area contributed by atoms with Crippen molar-refractivity contribution in [2.24, 2.45) is 10.9 Å². The molecule has 1 aliphatic carbocycles. The summed E-state index contributed by atoms with van der Waals surface area (Å²) in [5, 5.41) is 6.15. The fraction of sp³-hybridized carbons (Fsp3) is 0.846. The summed E-state index contributed by atoms with van der Waals surface area (Å²) in [4.78, 5) is 16.5. The highest BCUT2D eigenvalue weighted by atomic mass is 16.5. The quantitative estimate of drug-likeness (QED) is 0.790.